The highest BCUT2D eigenvalue weighted by Crippen LogP contribution is 2.33. The normalized spacial score (nSPS) is 13.8. The van der Waals surface area contributed by atoms with E-state index in [1.54, 1.807) is 31.2 Å². The molecule has 0 atom stereocenters. The number of benzene rings is 1. The van der Waals surface area contributed by atoms with Crippen LogP contribution in [0.1, 0.15) is 22.8 Å². The molecule has 0 unspecified atom stereocenters. The summed E-state index contributed by atoms with van der Waals surface area (Å²) in [4.78, 5) is 16.2. The van der Waals surface area contributed by atoms with Crippen molar-refractivity contribution in [3.8, 4) is 12.1 Å². The van der Waals surface area contributed by atoms with E-state index in [0.717, 1.165) is 5.56 Å². The van der Waals surface area contributed by atoms with Crippen LogP contribution in [0, 0.1) is 22.7 Å². The SMILES string of the molecule is C=C(C#N)C(C#N)=NC1=C(C)c2ccccc2C1=O. The maximum absolute atomic E-state index is 12.2. The van der Waals surface area contributed by atoms with E-state index in [-0.39, 0.29) is 22.8 Å². The lowest BCUT2D eigenvalue weighted by Gasteiger charge is -1.97. The molecular formula is C15H9N3O. The van der Waals surface area contributed by atoms with Crippen molar-refractivity contribution in [1.29, 1.82) is 10.5 Å². The van der Waals surface area contributed by atoms with Crippen LogP contribution < -0.4 is 0 Å². The number of rotatable bonds is 2. The molecule has 0 heterocycles. The van der Waals surface area contributed by atoms with Crippen molar-refractivity contribution in [2.45, 2.75) is 6.92 Å². The van der Waals surface area contributed by atoms with E-state index in [9.17, 15) is 4.79 Å². The Bertz CT molecular complexity index is 739. The maximum atomic E-state index is 12.2. The van der Waals surface area contributed by atoms with Gasteiger partial charge in [-0.2, -0.15) is 10.5 Å². The van der Waals surface area contributed by atoms with Gasteiger partial charge in [0.25, 0.3) is 0 Å². The first kappa shape index (κ1) is 12.5. The second-order valence-corrected chi connectivity index (χ2v) is 4.01. The molecule has 0 radical (unpaired) electrons. The largest absolute Gasteiger partial charge is 0.287 e. The molecule has 0 bridgehead atoms. The third-order valence-electron chi connectivity index (χ3n) is 2.90. The van der Waals surface area contributed by atoms with Crippen molar-refractivity contribution in [2.24, 2.45) is 4.99 Å². The Morgan fingerprint density at radius 1 is 1.21 bits per heavy atom. The molecule has 1 aromatic carbocycles. The Kier molecular flexibility index (Phi) is 3.10. The lowest BCUT2D eigenvalue weighted by atomic mass is 10.1. The predicted molar refractivity (Wildman–Crippen MR) is 71.2 cm³/mol. The molecule has 4 heteroatoms. The molecule has 1 aliphatic carbocycles. The summed E-state index contributed by atoms with van der Waals surface area (Å²) in [7, 11) is 0. The van der Waals surface area contributed by atoms with Gasteiger partial charge in [0.1, 0.15) is 17.8 Å². The van der Waals surface area contributed by atoms with Crippen LogP contribution in [0.15, 0.2) is 47.1 Å². The van der Waals surface area contributed by atoms with Gasteiger partial charge in [-0.1, -0.05) is 30.8 Å². The van der Waals surface area contributed by atoms with Gasteiger partial charge in [0.2, 0.25) is 5.78 Å². The monoisotopic (exact) mass is 247 g/mol. The van der Waals surface area contributed by atoms with Gasteiger partial charge in [-0.05, 0) is 18.1 Å². The topological polar surface area (TPSA) is 77.0 Å². The van der Waals surface area contributed by atoms with E-state index in [2.05, 4.69) is 11.6 Å². The van der Waals surface area contributed by atoms with Crippen LogP contribution in [0.5, 0.6) is 0 Å². The number of fused-ring (bicyclic) bond motifs is 1. The van der Waals surface area contributed by atoms with Gasteiger partial charge < -0.3 is 0 Å². The molecule has 0 N–H and O–H groups in total. The van der Waals surface area contributed by atoms with Crippen LogP contribution in [-0.4, -0.2) is 11.5 Å². The summed E-state index contributed by atoms with van der Waals surface area (Å²) in [5.74, 6) is -0.230. The van der Waals surface area contributed by atoms with Gasteiger partial charge in [0.15, 0.2) is 5.71 Å². The number of aliphatic imine (C=N–C) groups is 1. The number of nitrogens with zero attached hydrogens (tertiary/aromatic N) is 3. The number of nitriles is 2. The minimum atomic E-state index is -0.230. The summed E-state index contributed by atoms with van der Waals surface area (Å²) in [6, 6.07) is 10.7. The minimum absolute atomic E-state index is 0.0495. The van der Waals surface area contributed by atoms with Crippen LogP contribution in [0.4, 0.5) is 0 Å². The van der Waals surface area contributed by atoms with Crippen LogP contribution >= 0.6 is 0 Å². The van der Waals surface area contributed by atoms with Gasteiger partial charge in [0, 0.05) is 5.56 Å². The summed E-state index contributed by atoms with van der Waals surface area (Å²) >= 11 is 0. The number of hydrogen-bond acceptors (Lipinski definition) is 4. The Hall–Kier alpha value is -2.98. The first-order valence-corrected chi connectivity index (χ1v) is 5.53. The molecule has 0 spiro atoms. The number of hydrogen-bond donors (Lipinski definition) is 0. The van der Waals surface area contributed by atoms with E-state index in [1.807, 2.05) is 12.1 Å². The molecule has 0 amide bonds. The summed E-state index contributed by atoms with van der Waals surface area (Å²) in [5.41, 5.74) is 2.11. The van der Waals surface area contributed by atoms with Crippen molar-refractivity contribution in [1.82, 2.24) is 0 Å². The summed E-state index contributed by atoms with van der Waals surface area (Å²) in [6.07, 6.45) is 0. The molecule has 19 heavy (non-hydrogen) atoms. The molecule has 4 nitrogen and oxygen atoms in total. The molecular weight excluding hydrogens is 238 g/mol. The van der Waals surface area contributed by atoms with Crippen LogP contribution in [-0.2, 0) is 0 Å². The average Bonchev–Trinajstić information content (AvgIpc) is 2.68. The number of Topliss-reactive ketones (excluding diaryl/α,β-unsaturated/α-hetero) is 1. The van der Waals surface area contributed by atoms with Crippen molar-refractivity contribution in [3.05, 3.63) is 53.2 Å². The van der Waals surface area contributed by atoms with Crippen molar-refractivity contribution < 1.29 is 4.79 Å². The Morgan fingerprint density at radius 3 is 2.37 bits per heavy atom. The second-order valence-electron chi connectivity index (χ2n) is 4.01. The zero-order valence-corrected chi connectivity index (χ0v) is 10.3. The lowest BCUT2D eigenvalue weighted by molar-refractivity contribution is 0.103. The van der Waals surface area contributed by atoms with Crippen LogP contribution in [0.2, 0.25) is 0 Å². The molecule has 0 aliphatic heterocycles. The van der Waals surface area contributed by atoms with E-state index in [4.69, 9.17) is 10.5 Å². The van der Waals surface area contributed by atoms with Crippen molar-refractivity contribution in [3.63, 3.8) is 0 Å². The third kappa shape index (κ3) is 1.96. The van der Waals surface area contributed by atoms with Crippen molar-refractivity contribution >= 4 is 17.1 Å². The molecule has 0 saturated carbocycles. The summed E-state index contributed by atoms with van der Waals surface area (Å²) in [5, 5.41) is 17.7. The molecule has 0 fully saturated rings. The van der Waals surface area contributed by atoms with Crippen LogP contribution in [0.3, 0.4) is 0 Å². The first-order valence-electron chi connectivity index (χ1n) is 5.53. The molecule has 1 aliphatic rings. The Labute approximate surface area is 110 Å². The number of allylic oxidation sites excluding steroid dienone is 3. The maximum Gasteiger partial charge on any atom is 0.212 e. The average molecular weight is 247 g/mol. The zero-order valence-electron chi connectivity index (χ0n) is 10.3. The quantitative estimate of drug-likeness (QED) is 0.595. The molecule has 2 rings (SSSR count). The fourth-order valence-corrected chi connectivity index (χ4v) is 1.89. The minimum Gasteiger partial charge on any atom is -0.287 e. The van der Waals surface area contributed by atoms with E-state index >= 15 is 0 Å². The highest BCUT2D eigenvalue weighted by atomic mass is 16.1. The van der Waals surface area contributed by atoms with Gasteiger partial charge in [-0.25, -0.2) is 4.99 Å². The highest BCUT2D eigenvalue weighted by molar-refractivity contribution is 6.23. The Balaban J connectivity index is 2.56. The number of carbonyl (C=O) groups excluding carboxylic acids is 1. The highest BCUT2D eigenvalue weighted by Gasteiger charge is 2.27. The number of carbonyl (C=O) groups is 1. The fourth-order valence-electron chi connectivity index (χ4n) is 1.89. The van der Waals surface area contributed by atoms with Gasteiger partial charge >= 0.3 is 0 Å². The molecule has 0 aromatic heterocycles. The van der Waals surface area contributed by atoms with E-state index < -0.39 is 0 Å². The van der Waals surface area contributed by atoms with Crippen molar-refractivity contribution in [2.75, 3.05) is 0 Å². The van der Waals surface area contributed by atoms with Gasteiger partial charge in [-0.15, -0.1) is 0 Å². The predicted octanol–water partition coefficient (Wildman–Crippen LogP) is 2.66. The second kappa shape index (κ2) is 4.72. The molecule has 90 valence electrons. The number of ketones is 1. The first-order chi connectivity index (χ1) is 9.10. The summed E-state index contributed by atoms with van der Waals surface area (Å²) < 4.78 is 0. The molecule has 1 aromatic rings. The van der Waals surface area contributed by atoms with Gasteiger partial charge in [-0.3, -0.25) is 4.79 Å². The Morgan fingerprint density at radius 2 is 1.84 bits per heavy atom. The smallest absolute Gasteiger partial charge is 0.212 e. The summed E-state index contributed by atoms with van der Waals surface area (Å²) in [6.45, 7) is 5.21. The zero-order chi connectivity index (χ0) is 14.0. The van der Waals surface area contributed by atoms with E-state index in [0.29, 0.717) is 11.1 Å². The lowest BCUT2D eigenvalue weighted by Crippen LogP contribution is -2.02. The molecule has 0 saturated heterocycles. The standard InChI is InChI=1S/C15H9N3O/c1-9(7-16)13(8-17)18-14-10(2)11-5-3-4-6-12(11)15(14)19/h3-6H,1H2,2H3. The van der Waals surface area contributed by atoms with Crippen LogP contribution in [0.25, 0.3) is 5.57 Å². The van der Waals surface area contributed by atoms with E-state index in [1.165, 1.54) is 0 Å². The van der Waals surface area contributed by atoms with Gasteiger partial charge in [0.05, 0.1) is 5.57 Å². The third-order valence-corrected chi connectivity index (χ3v) is 2.90. The fraction of sp³-hybridized carbons (Fsp3) is 0.0667.